The maximum atomic E-state index is 12.4. The van der Waals surface area contributed by atoms with Crippen molar-refractivity contribution >= 4 is 0 Å². The van der Waals surface area contributed by atoms with Gasteiger partial charge in [0.1, 0.15) is 0 Å². The average Bonchev–Trinajstić information content (AvgIpc) is 2.02. The topological polar surface area (TPSA) is 0 Å². The van der Waals surface area contributed by atoms with Crippen molar-refractivity contribution in [2.24, 2.45) is 0 Å². The van der Waals surface area contributed by atoms with Crippen LogP contribution >= 0.6 is 0 Å². The minimum atomic E-state index is -4.22. The fourth-order valence-electron chi connectivity index (χ4n) is 1.44. The van der Waals surface area contributed by atoms with E-state index in [-0.39, 0.29) is 0 Å². The van der Waals surface area contributed by atoms with Crippen LogP contribution in [0, 0.1) is 6.92 Å². The smallest absolute Gasteiger partial charge is 0.166 e. The fourth-order valence-corrected chi connectivity index (χ4v) is 1.44. The van der Waals surface area contributed by atoms with E-state index < -0.39 is 11.7 Å². The van der Waals surface area contributed by atoms with Gasteiger partial charge < -0.3 is 0 Å². The summed E-state index contributed by atoms with van der Waals surface area (Å²) in [6, 6.07) is 4.28. The number of rotatable bonds is 1. The van der Waals surface area contributed by atoms with Crippen molar-refractivity contribution in [1.82, 2.24) is 0 Å². The number of alkyl halides is 3. The highest BCUT2D eigenvalue weighted by Crippen LogP contribution is 2.33. The molecule has 0 amide bonds. The maximum Gasteiger partial charge on any atom is 0.416 e. The molecule has 1 aromatic carbocycles. The van der Waals surface area contributed by atoms with Gasteiger partial charge in [-0.1, -0.05) is 19.1 Å². The molecule has 0 aromatic heterocycles. The van der Waals surface area contributed by atoms with Gasteiger partial charge in [-0.15, -0.1) is 0 Å². The van der Waals surface area contributed by atoms with Gasteiger partial charge in [0.05, 0.1) is 5.56 Å². The second-order valence-corrected chi connectivity index (χ2v) is 2.95. The maximum absolute atomic E-state index is 12.4. The van der Waals surface area contributed by atoms with Crippen LogP contribution in [0.2, 0.25) is 0 Å². The molecule has 0 saturated heterocycles. The quantitative estimate of drug-likeness (QED) is 0.632. The van der Waals surface area contributed by atoms with Crippen molar-refractivity contribution in [1.29, 1.82) is 0 Å². The molecule has 72 valence electrons. The summed E-state index contributed by atoms with van der Waals surface area (Å²) in [5.74, 6) is 0. The van der Waals surface area contributed by atoms with Crippen molar-refractivity contribution in [3.05, 3.63) is 34.9 Å². The summed E-state index contributed by atoms with van der Waals surface area (Å²) in [6.07, 6.45) is -3.81. The monoisotopic (exact) mass is 188 g/mol. The molecule has 0 bridgehead atoms. The minimum Gasteiger partial charge on any atom is -0.166 e. The first-order valence-corrected chi connectivity index (χ1v) is 4.12. The zero-order valence-electron chi connectivity index (χ0n) is 7.57. The number of halogens is 3. The predicted molar refractivity (Wildman–Crippen MR) is 45.6 cm³/mol. The molecule has 0 fully saturated rings. The molecule has 0 heterocycles. The molecule has 0 aliphatic rings. The molecular formula is C10H11F3. The van der Waals surface area contributed by atoms with Crippen LogP contribution in [0.3, 0.4) is 0 Å². The van der Waals surface area contributed by atoms with Crippen molar-refractivity contribution in [2.75, 3.05) is 0 Å². The lowest BCUT2D eigenvalue weighted by Crippen LogP contribution is -2.09. The van der Waals surface area contributed by atoms with E-state index in [0.29, 0.717) is 17.5 Å². The molecule has 0 radical (unpaired) electrons. The summed E-state index contributed by atoms with van der Waals surface area (Å²) in [7, 11) is 0. The number of aryl methyl sites for hydroxylation is 1. The van der Waals surface area contributed by atoms with E-state index in [4.69, 9.17) is 0 Å². The number of benzene rings is 1. The van der Waals surface area contributed by atoms with Crippen molar-refractivity contribution in [3.63, 3.8) is 0 Å². The zero-order chi connectivity index (χ0) is 10.1. The highest BCUT2D eigenvalue weighted by Gasteiger charge is 2.32. The van der Waals surface area contributed by atoms with E-state index in [1.54, 1.807) is 19.9 Å². The van der Waals surface area contributed by atoms with E-state index in [2.05, 4.69) is 0 Å². The average molecular weight is 188 g/mol. The van der Waals surface area contributed by atoms with Gasteiger partial charge in [-0.25, -0.2) is 0 Å². The molecule has 0 nitrogen and oxygen atoms in total. The summed E-state index contributed by atoms with van der Waals surface area (Å²) in [6.45, 7) is 3.44. The van der Waals surface area contributed by atoms with Gasteiger partial charge >= 0.3 is 6.18 Å². The molecule has 0 unspecified atom stereocenters. The molecule has 0 spiro atoms. The van der Waals surface area contributed by atoms with Crippen LogP contribution in [-0.2, 0) is 12.6 Å². The van der Waals surface area contributed by atoms with E-state index >= 15 is 0 Å². The van der Waals surface area contributed by atoms with Gasteiger partial charge in [-0.05, 0) is 30.5 Å². The van der Waals surface area contributed by atoms with Gasteiger partial charge in [-0.3, -0.25) is 0 Å². The Bertz CT molecular complexity index is 300. The molecule has 3 heteroatoms. The molecule has 1 aromatic rings. The Labute approximate surface area is 75.4 Å². The Morgan fingerprint density at radius 2 is 1.85 bits per heavy atom. The molecular weight excluding hydrogens is 177 g/mol. The normalized spacial score (nSPS) is 11.8. The molecule has 0 aliphatic heterocycles. The Morgan fingerprint density at radius 3 is 2.23 bits per heavy atom. The first-order valence-electron chi connectivity index (χ1n) is 4.12. The highest BCUT2D eigenvalue weighted by atomic mass is 19.4. The van der Waals surface area contributed by atoms with Gasteiger partial charge in [0, 0.05) is 0 Å². The van der Waals surface area contributed by atoms with Crippen LogP contribution in [-0.4, -0.2) is 0 Å². The Morgan fingerprint density at radius 1 is 1.23 bits per heavy atom. The first-order chi connectivity index (χ1) is 5.96. The van der Waals surface area contributed by atoms with Crippen LogP contribution in [0.15, 0.2) is 18.2 Å². The number of hydrogen-bond donors (Lipinski definition) is 0. The summed E-state index contributed by atoms with van der Waals surface area (Å²) < 4.78 is 37.2. The minimum absolute atomic E-state index is 0.398. The third-order valence-corrected chi connectivity index (χ3v) is 2.07. The third kappa shape index (κ3) is 2.02. The Hall–Kier alpha value is -0.990. The van der Waals surface area contributed by atoms with Crippen LogP contribution in [0.5, 0.6) is 0 Å². The lowest BCUT2D eigenvalue weighted by atomic mass is 9.99. The van der Waals surface area contributed by atoms with E-state index in [1.807, 2.05) is 0 Å². The first kappa shape index (κ1) is 10.1. The zero-order valence-corrected chi connectivity index (χ0v) is 7.57. The molecule has 1 rings (SSSR count). The van der Waals surface area contributed by atoms with Gasteiger partial charge in [0.15, 0.2) is 0 Å². The second-order valence-electron chi connectivity index (χ2n) is 2.95. The highest BCUT2D eigenvalue weighted by molar-refractivity contribution is 5.36. The van der Waals surface area contributed by atoms with Crippen molar-refractivity contribution < 1.29 is 13.2 Å². The standard InChI is InChI=1S/C10H11F3/c1-3-8-7(2)5-4-6-9(8)10(11,12)13/h4-6H,3H2,1-2H3. The van der Waals surface area contributed by atoms with Crippen molar-refractivity contribution in [2.45, 2.75) is 26.4 Å². The molecule has 0 aliphatic carbocycles. The van der Waals surface area contributed by atoms with Gasteiger partial charge in [-0.2, -0.15) is 13.2 Å². The SMILES string of the molecule is CCc1c(C)cccc1C(F)(F)F. The lowest BCUT2D eigenvalue weighted by Gasteiger charge is -2.13. The van der Waals surface area contributed by atoms with Crippen molar-refractivity contribution in [3.8, 4) is 0 Å². The van der Waals surface area contributed by atoms with Crippen LogP contribution in [0.1, 0.15) is 23.6 Å². The van der Waals surface area contributed by atoms with Gasteiger partial charge in [0.2, 0.25) is 0 Å². The summed E-state index contributed by atoms with van der Waals surface area (Å²) >= 11 is 0. The summed E-state index contributed by atoms with van der Waals surface area (Å²) in [5, 5.41) is 0. The third-order valence-electron chi connectivity index (χ3n) is 2.07. The number of hydrogen-bond acceptors (Lipinski definition) is 0. The van der Waals surface area contributed by atoms with Crippen LogP contribution < -0.4 is 0 Å². The summed E-state index contributed by atoms with van der Waals surface area (Å²) in [5.41, 5.74) is 0.599. The molecule has 0 atom stereocenters. The van der Waals surface area contributed by atoms with Crippen LogP contribution in [0.4, 0.5) is 13.2 Å². The van der Waals surface area contributed by atoms with Gasteiger partial charge in [0.25, 0.3) is 0 Å². The fraction of sp³-hybridized carbons (Fsp3) is 0.400. The predicted octanol–water partition coefficient (Wildman–Crippen LogP) is 3.58. The molecule has 0 saturated carbocycles. The largest absolute Gasteiger partial charge is 0.416 e. The summed E-state index contributed by atoms with van der Waals surface area (Å²) in [4.78, 5) is 0. The van der Waals surface area contributed by atoms with E-state index in [1.165, 1.54) is 6.07 Å². The van der Waals surface area contributed by atoms with E-state index in [0.717, 1.165) is 6.07 Å². The van der Waals surface area contributed by atoms with Crippen LogP contribution in [0.25, 0.3) is 0 Å². The lowest BCUT2D eigenvalue weighted by molar-refractivity contribution is -0.138. The second kappa shape index (κ2) is 3.40. The molecule has 0 N–H and O–H groups in total. The Balaban J connectivity index is 3.29. The van der Waals surface area contributed by atoms with E-state index in [9.17, 15) is 13.2 Å². The Kier molecular flexibility index (Phi) is 2.64. The molecule has 13 heavy (non-hydrogen) atoms.